The highest BCUT2D eigenvalue weighted by Crippen LogP contribution is 2.29. The van der Waals surface area contributed by atoms with Gasteiger partial charge in [-0.25, -0.2) is 4.39 Å². The molecule has 1 amide bonds. The molecule has 0 bridgehead atoms. The first-order chi connectivity index (χ1) is 8.58. The Kier molecular flexibility index (Phi) is 3.81. The van der Waals surface area contributed by atoms with Gasteiger partial charge in [0.15, 0.2) is 0 Å². The second-order valence-corrected chi connectivity index (χ2v) is 4.70. The van der Waals surface area contributed by atoms with Crippen LogP contribution in [0.3, 0.4) is 0 Å². The molecule has 0 fully saturated rings. The van der Waals surface area contributed by atoms with Crippen molar-refractivity contribution in [3.63, 3.8) is 0 Å². The van der Waals surface area contributed by atoms with Crippen molar-refractivity contribution in [3.05, 3.63) is 57.4 Å². The summed E-state index contributed by atoms with van der Waals surface area (Å²) in [6.07, 6.45) is 0. The molecule has 2 aromatic carbocycles. The van der Waals surface area contributed by atoms with Crippen LogP contribution in [-0.4, -0.2) is 5.91 Å². The van der Waals surface area contributed by atoms with Gasteiger partial charge in [-0.05, 0) is 52.9 Å². The van der Waals surface area contributed by atoms with E-state index in [0.29, 0.717) is 5.75 Å². The lowest BCUT2D eigenvalue weighted by Crippen LogP contribution is -2.12. The molecular weight excluding hydrogens is 348 g/mol. The molecule has 0 aliphatic heterocycles. The van der Waals surface area contributed by atoms with Crippen LogP contribution in [0.15, 0.2) is 42.5 Å². The largest absolute Gasteiger partial charge is 0.455 e. The van der Waals surface area contributed by atoms with Crippen molar-refractivity contribution in [1.29, 1.82) is 0 Å². The van der Waals surface area contributed by atoms with E-state index in [1.165, 1.54) is 12.1 Å². The molecule has 0 aliphatic carbocycles. The average Bonchev–Trinajstić information content (AvgIpc) is 2.34. The summed E-state index contributed by atoms with van der Waals surface area (Å²) >= 11 is 2.11. The first kappa shape index (κ1) is 12.8. The van der Waals surface area contributed by atoms with Gasteiger partial charge in [-0.2, -0.15) is 0 Å². The van der Waals surface area contributed by atoms with E-state index in [-0.39, 0.29) is 11.3 Å². The van der Waals surface area contributed by atoms with Gasteiger partial charge in [0.25, 0.3) is 5.91 Å². The molecular formula is C13H9FINO2. The van der Waals surface area contributed by atoms with E-state index in [4.69, 9.17) is 10.5 Å². The van der Waals surface area contributed by atoms with Crippen LogP contribution in [0, 0.1) is 9.39 Å². The van der Waals surface area contributed by atoms with Crippen LogP contribution in [0.1, 0.15) is 10.4 Å². The van der Waals surface area contributed by atoms with E-state index >= 15 is 0 Å². The zero-order valence-corrected chi connectivity index (χ0v) is 11.3. The van der Waals surface area contributed by atoms with Crippen LogP contribution in [0.5, 0.6) is 11.5 Å². The Balaban J connectivity index is 2.41. The molecule has 0 spiro atoms. The number of carbonyl (C=O) groups excluding carboxylic acids is 1. The van der Waals surface area contributed by atoms with Gasteiger partial charge in [0, 0.05) is 0 Å². The van der Waals surface area contributed by atoms with Gasteiger partial charge in [0.2, 0.25) is 0 Å². The number of para-hydroxylation sites is 1. The summed E-state index contributed by atoms with van der Waals surface area (Å²) in [6, 6.07) is 11.0. The van der Waals surface area contributed by atoms with Crippen LogP contribution in [-0.2, 0) is 0 Å². The molecule has 0 saturated carbocycles. The third-order valence-electron chi connectivity index (χ3n) is 2.26. The molecule has 2 rings (SSSR count). The maximum atomic E-state index is 13.1. The number of primary amides is 1. The molecule has 92 valence electrons. The Morgan fingerprint density at radius 2 is 1.89 bits per heavy atom. The molecule has 0 heterocycles. The summed E-state index contributed by atoms with van der Waals surface area (Å²) < 4.78 is 19.5. The number of rotatable bonds is 3. The third kappa shape index (κ3) is 2.79. The maximum absolute atomic E-state index is 13.1. The van der Waals surface area contributed by atoms with Crippen molar-refractivity contribution in [2.24, 2.45) is 5.73 Å². The molecule has 0 atom stereocenters. The molecule has 18 heavy (non-hydrogen) atoms. The number of hydrogen-bond acceptors (Lipinski definition) is 2. The Labute approximate surface area is 117 Å². The molecule has 3 nitrogen and oxygen atoms in total. The summed E-state index contributed by atoms with van der Waals surface area (Å²) in [5.41, 5.74) is 5.21. The normalized spacial score (nSPS) is 10.1. The van der Waals surface area contributed by atoms with Crippen molar-refractivity contribution in [2.75, 3.05) is 0 Å². The predicted octanol–water partition coefficient (Wildman–Crippen LogP) is 3.32. The topological polar surface area (TPSA) is 52.3 Å². The van der Waals surface area contributed by atoms with Crippen molar-refractivity contribution < 1.29 is 13.9 Å². The number of amides is 1. The minimum atomic E-state index is -0.726. The van der Waals surface area contributed by atoms with E-state index in [9.17, 15) is 9.18 Å². The number of halogens is 2. The molecule has 2 aromatic rings. The number of ether oxygens (including phenoxy) is 1. The number of benzene rings is 2. The Morgan fingerprint density at radius 1 is 1.17 bits per heavy atom. The van der Waals surface area contributed by atoms with Gasteiger partial charge < -0.3 is 10.5 Å². The van der Waals surface area contributed by atoms with Gasteiger partial charge in [-0.1, -0.05) is 12.1 Å². The summed E-state index contributed by atoms with van der Waals surface area (Å²) in [5.74, 6) is -0.422. The van der Waals surface area contributed by atoms with Crippen LogP contribution in [0.2, 0.25) is 0 Å². The quantitative estimate of drug-likeness (QED) is 0.857. The van der Waals surface area contributed by atoms with E-state index in [2.05, 4.69) is 22.6 Å². The van der Waals surface area contributed by atoms with Crippen molar-refractivity contribution in [1.82, 2.24) is 0 Å². The van der Waals surface area contributed by atoms with Crippen LogP contribution in [0.4, 0.5) is 4.39 Å². The first-order valence-electron chi connectivity index (χ1n) is 5.09. The highest BCUT2D eigenvalue weighted by molar-refractivity contribution is 14.1. The molecule has 0 unspecified atom stereocenters. The summed E-state index contributed by atoms with van der Waals surface area (Å²) in [4.78, 5) is 11.2. The maximum Gasteiger partial charge on any atom is 0.252 e. The monoisotopic (exact) mass is 357 g/mol. The minimum Gasteiger partial charge on any atom is -0.455 e. The van der Waals surface area contributed by atoms with E-state index < -0.39 is 11.7 Å². The minimum absolute atomic E-state index is 0.0228. The van der Waals surface area contributed by atoms with Crippen LogP contribution >= 0.6 is 22.6 Å². The molecule has 0 aromatic heterocycles. The van der Waals surface area contributed by atoms with E-state index in [0.717, 1.165) is 9.64 Å². The summed E-state index contributed by atoms with van der Waals surface area (Å²) in [5, 5.41) is 0. The lowest BCUT2D eigenvalue weighted by molar-refractivity contribution is 0.0997. The summed E-state index contributed by atoms with van der Waals surface area (Å²) in [6.45, 7) is 0. The van der Waals surface area contributed by atoms with Gasteiger partial charge in [-0.15, -0.1) is 0 Å². The van der Waals surface area contributed by atoms with Gasteiger partial charge in [0.1, 0.15) is 17.3 Å². The number of nitrogens with two attached hydrogens (primary N) is 1. The molecule has 0 aliphatic rings. The fraction of sp³-hybridized carbons (Fsp3) is 0. The third-order valence-corrected chi connectivity index (χ3v) is 3.15. The Hall–Kier alpha value is -1.63. The summed E-state index contributed by atoms with van der Waals surface area (Å²) in [7, 11) is 0. The number of carbonyl (C=O) groups is 1. The second-order valence-electron chi connectivity index (χ2n) is 3.54. The fourth-order valence-corrected chi connectivity index (χ4v) is 1.93. The van der Waals surface area contributed by atoms with Crippen molar-refractivity contribution in [2.45, 2.75) is 0 Å². The zero-order chi connectivity index (χ0) is 13.1. The van der Waals surface area contributed by atoms with Crippen molar-refractivity contribution >= 4 is 28.5 Å². The first-order valence-corrected chi connectivity index (χ1v) is 6.17. The van der Waals surface area contributed by atoms with E-state index in [1.54, 1.807) is 6.07 Å². The Bertz CT molecular complexity index is 601. The van der Waals surface area contributed by atoms with Gasteiger partial charge >= 0.3 is 0 Å². The standard InChI is InChI=1S/C13H9FINO2/c14-8-5-6-11(9(7-8)13(16)17)18-12-4-2-1-3-10(12)15/h1-7H,(H2,16,17). The lowest BCUT2D eigenvalue weighted by Gasteiger charge is -2.10. The highest BCUT2D eigenvalue weighted by Gasteiger charge is 2.12. The smallest absolute Gasteiger partial charge is 0.252 e. The molecule has 0 saturated heterocycles. The number of hydrogen-bond donors (Lipinski definition) is 1. The predicted molar refractivity (Wildman–Crippen MR) is 74.2 cm³/mol. The molecule has 2 N–H and O–H groups in total. The molecule has 5 heteroatoms. The van der Waals surface area contributed by atoms with Gasteiger partial charge in [0.05, 0.1) is 9.13 Å². The average molecular weight is 357 g/mol. The highest BCUT2D eigenvalue weighted by atomic mass is 127. The van der Waals surface area contributed by atoms with Crippen molar-refractivity contribution in [3.8, 4) is 11.5 Å². The SMILES string of the molecule is NC(=O)c1cc(F)ccc1Oc1ccccc1I. The van der Waals surface area contributed by atoms with Crippen LogP contribution < -0.4 is 10.5 Å². The second kappa shape index (κ2) is 5.34. The molecule has 0 radical (unpaired) electrons. The van der Waals surface area contributed by atoms with E-state index in [1.807, 2.05) is 18.2 Å². The van der Waals surface area contributed by atoms with Gasteiger partial charge in [-0.3, -0.25) is 4.79 Å². The fourth-order valence-electron chi connectivity index (χ4n) is 1.43. The Morgan fingerprint density at radius 3 is 2.56 bits per heavy atom. The zero-order valence-electron chi connectivity index (χ0n) is 9.19. The van der Waals surface area contributed by atoms with Crippen LogP contribution in [0.25, 0.3) is 0 Å². The lowest BCUT2D eigenvalue weighted by atomic mass is 10.2.